The summed E-state index contributed by atoms with van der Waals surface area (Å²) in [5.41, 5.74) is 0.932. The van der Waals surface area contributed by atoms with Gasteiger partial charge in [-0.1, -0.05) is 6.58 Å². The lowest BCUT2D eigenvalue weighted by Crippen LogP contribution is -2.09. The SMILES string of the molecule is C=CC(=O)Nc1cc(NCC)ccn1. The molecule has 2 N–H and O–H groups in total. The predicted molar refractivity (Wildman–Crippen MR) is 57.2 cm³/mol. The second kappa shape index (κ2) is 5.01. The van der Waals surface area contributed by atoms with Gasteiger partial charge in [0.1, 0.15) is 5.82 Å². The summed E-state index contributed by atoms with van der Waals surface area (Å²) in [6.07, 6.45) is 2.85. The number of carbonyl (C=O) groups excluding carboxylic acids is 1. The van der Waals surface area contributed by atoms with Crippen molar-refractivity contribution in [1.82, 2.24) is 4.98 Å². The van der Waals surface area contributed by atoms with Gasteiger partial charge in [-0.2, -0.15) is 0 Å². The molecule has 1 aromatic heterocycles. The molecule has 4 heteroatoms. The highest BCUT2D eigenvalue weighted by molar-refractivity contribution is 5.98. The minimum atomic E-state index is -0.258. The molecule has 0 fully saturated rings. The van der Waals surface area contributed by atoms with Crippen molar-refractivity contribution < 1.29 is 4.79 Å². The maximum absolute atomic E-state index is 11.0. The van der Waals surface area contributed by atoms with Crippen molar-refractivity contribution in [3.05, 3.63) is 31.0 Å². The van der Waals surface area contributed by atoms with E-state index in [2.05, 4.69) is 22.2 Å². The summed E-state index contributed by atoms with van der Waals surface area (Å²) in [6, 6.07) is 3.61. The first-order valence-corrected chi connectivity index (χ1v) is 4.39. The van der Waals surface area contributed by atoms with Gasteiger partial charge in [-0.25, -0.2) is 4.98 Å². The minimum Gasteiger partial charge on any atom is -0.385 e. The normalized spacial score (nSPS) is 9.21. The largest absolute Gasteiger partial charge is 0.385 e. The summed E-state index contributed by atoms with van der Waals surface area (Å²) in [6.45, 7) is 6.19. The van der Waals surface area contributed by atoms with E-state index < -0.39 is 0 Å². The maximum atomic E-state index is 11.0. The van der Waals surface area contributed by atoms with Crippen molar-refractivity contribution in [1.29, 1.82) is 0 Å². The third-order valence-electron chi connectivity index (χ3n) is 1.58. The predicted octanol–water partition coefficient (Wildman–Crippen LogP) is 1.64. The van der Waals surface area contributed by atoms with Gasteiger partial charge in [0, 0.05) is 24.5 Å². The van der Waals surface area contributed by atoms with E-state index in [9.17, 15) is 4.79 Å². The van der Waals surface area contributed by atoms with E-state index in [1.165, 1.54) is 6.08 Å². The van der Waals surface area contributed by atoms with Crippen LogP contribution in [0.1, 0.15) is 6.92 Å². The molecule has 0 saturated carbocycles. The van der Waals surface area contributed by atoms with Crippen LogP contribution in [-0.2, 0) is 4.79 Å². The Morgan fingerprint density at radius 1 is 1.71 bits per heavy atom. The summed E-state index contributed by atoms with van der Waals surface area (Å²) >= 11 is 0. The van der Waals surface area contributed by atoms with Crippen LogP contribution in [0.5, 0.6) is 0 Å². The zero-order chi connectivity index (χ0) is 10.4. The van der Waals surface area contributed by atoms with Crippen molar-refractivity contribution in [3.8, 4) is 0 Å². The van der Waals surface area contributed by atoms with Gasteiger partial charge in [0.15, 0.2) is 0 Å². The first-order chi connectivity index (χ1) is 6.76. The molecule has 74 valence electrons. The Kier molecular flexibility index (Phi) is 3.67. The average Bonchev–Trinajstić information content (AvgIpc) is 2.19. The summed E-state index contributed by atoms with van der Waals surface area (Å²) in [4.78, 5) is 15.0. The third kappa shape index (κ3) is 2.90. The molecular formula is C10H13N3O. The molecular weight excluding hydrogens is 178 g/mol. The van der Waals surface area contributed by atoms with Crippen LogP contribution in [0.15, 0.2) is 31.0 Å². The van der Waals surface area contributed by atoms with Crippen molar-refractivity contribution in [2.75, 3.05) is 17.2 Å². The fraction of sp³-hybridized carbons (Fsp3) is 0.200. The fourth-order valence-corrected chi connectivity index (χ4v) is 0.990. The Morgan fingerprint density at radius 3 is 3.14 bits per heavy atom. The Labute approximate surface area is 83.0 Å². The van der Waals surface area contributed by atoms with E-state index in [4.69, 9.17) is 0 Å². The topological polar surface area (TPSA) is 54.0 Å². The Balaban J connectivity index is 2.72. The van der Waals surface area contributed by atoms with Gasteiger partial charge in [0.05, 0.1) is 0 Å². The molecule has 0 aliphatic rings. The molecule has 0 unspecified atom stereocenters. The standard InChI is InChI=1S/C10H13N3O/c1-3-10(14)13-9-7-8(11-4-2)5-6-12-9/h3,5-7H,1,4H2,2H3,(H2,11,12,13,14). The minimum absolute atomic E-state index is 0.258. The molecule has 1 rings (SSSR count). The van der Waals surface area contributed by atoms with Gasteiger partial charge in [-0.15, -0.1) is 0 Å². The zero-order valence-corrected chi connectivity index (χ0v) is 8.08. The van der Waals surface area contributed by atoms with Crippen molar-refractivity contribution in [2.45, 2.75) is 6.92 Å². The number of hydrogen-bond acceptors (Lipinski definition) is 3. The first kappa shape index (κ1) is 10.2. The van der Waals surface area contributed by atoms with Gasteiger partial charge >= 0.3 is 0 Å². The highest BCUT2D eigenvalue weighted by atomic mass is 16.1. The highest BCUT2D eigenvalue weighted by Crippen LogP contribution is 2.11. The lowest BCUT2D eigenvalue weighted by molar-refractivity contribution is -0.111. The molecule has 1 aromatic rings. The van der Waals surface area contributed by atoms with E-state index >= 15 is 0 Å². The number of carbonyl (C=O) groups is 1. The number of nitrogens with zero attached hydrogens (tertiary/aromatic N) is 1. The van der Waals surface area contributed by atoms with Crippen molar-refractivity contribution in [3.63, 3.8) is 0 Å². The Bertz CT molecular complexity index is 336. The van der Waals surface area contributed by atoms with E-state index in [1.54, 1.807) is 12.3 Å². The van der Waals surface area contributed by atoms with Crippen LogP contribution in [0.25, 0.3) is 0 Å². The van der Waals surface area contributed by atoms with Crippen molar-refractivity contribution in [2.24, 2.45) is 0 Å². The quantitative estimate of drug-likeness (QED) is 0.711. The fourth-order valence-electron chi connectivity index (χ4n) is 0.990. The van der Waals surface area contributed by atoms with Gasteiger partial charge in [-0.05, 0) is 19.1 Å². The molecule has 0 aromatic carbocycles. The third-order valence-corrected chi connectivity index (χ3v) is 1.58. The van der Waals surface area contributed by atoms with Gasteiger partial charge in [-0.3, -0.25) is 4.79 Å². The molecule has 0 aliphatic heterocycles. The monoisotopic (exact) mass is 191 g/mol. The number of amides is 1. The number of aromatic nitrogens is 1. The molecule has 0 aliphatic carbocycles. The van der Waals surface area contributed by atoms with Gasteiger partial charge in [0.25, 0.3) is 0 Å². The Hall–Kier alpha value is -1.84. The first-order valence-electron chi connectivity index (χ1n) is 4.39. The molecule has 1 heterocycles. The second-order valence-electron chi connectivity index (χ2n) is 2.65. The summed E-state index contributed by atoms with van der Waals surface area (Å²) < 4.78 is 0. The molecule has 0 spiro atoms. The second-order valence-corrected chi connectivity index (χ2v) is 2.65. The zero-order valence-electron chi connectivity index (χ0n) is 8.08. The van der Waals surface area contributed by atoms with E-state index in [1.807, 2.05) is 13.0 Å². The van der Waals surface area contributed by atoms with Crippen LogP contribution in [0, 0.1) is 0 Å². The lowest BCUT2D eigenvalue weighted by Gasteiger charge is -2.05. The van der Waals surface area contributed by atoms with Gasteiger partial charge in [0.2, 0.25) is 5.91 Å². The molecule has 0 atom stereocenters. The molecule has 1 amide bonds. The van der Waals surface area contributed by atoms with Crippen LogP contribution < -0.4 is 10.6 Å². The number of pyridine rings is 1. The molecule has 14 heavy (non-hydrogen) atoms. The van der Waals surface area contributed by atoms with Crippen LogP contribution >= 0.6 is 0 Å². The van der Waals surface area contributed by atoms with Crippen LogP contribution in [0.4, 0.5) is 11.5 Å². The number of hydrogen-bond donors (Lipinski definition) is 2. The van der Waals surface area contributed by atoms with Crippen LogP contribution in [0.3, 0.4) is 0 Å². The Morgan fingerprint density at radius 2 is 2.50 bits per heavy atom. The summed E-state index contributed by atoms with van der Waals surface area (Å²) in [7, 11) is 0. The molecule has 0 saturated heterocycles. The molecule has 4 nitrogen and oxygen atoms in total. The smallest absolute Gasteiger partial charge is 0.248 e. The maximum Gasteiger partial charge on any atom is 0.248 e. The van der Waals surface area contributed by atoms with E-state index in [-0.39, 0.29) is 5.91 Å². The molecule has 0 radical (unpaired) electrons. The van der Waals surface area contributed by atoms with E-state index in [0.29, 0.717) is 5.82 Å². The number of rotatable bonds is 4. The summed E-state index contributed by atoms with van der Waals surface area (Å²) in [5.74, 6) is 0.263. The summed E-state index contributed by atoms with van der Waals surface area (Å²) in [5, 5.41) is 5.70. The van der Waals surface area contributed by atoms with Crippen LogP contribution in [0.2, 0.25) is 0 Å². The van der Waals surface area contributed by atoms with Gasteiger partial charge < -0.3 is 10.6 Å². The lowest BCUT2D eigenvalue weighted by atomic mass is 10.4. The number of nitrogens with one attached hydrogen (secondary N) is 2. The van der Waals surface area contributed by atoms with E-state index in [0.717, 1.165) is 12.2 Å². The van der Waals surface area contributed by atoms with Crippen LogP contribution in [-0.4, -0.2) is 17.4 Å². The highest BCUT2D eigenvalue weighted by Gasteiger charge is 1.98. The average molecular weight is 191 g/mol. The molecule has 0 bridgehead atoms. The van der Waals surface area contributed by atoms with Crippen molar-refractivity contribution >= 4 is 17.4 Å². The number of anilines is 2.